The number of nitrogens with two attached hydrogens (primary N) is 2. The number of carboxylic acid groups (broad SMARTS) is 2. The van der Waals surface area contributed by atoms with Crippen molar-refractivity contribution in [3.63, 3.8) is 0 Å². The van der Waals surface area contributed by atoms with E-state index in [4.69, 9.17) is 21.7 Å². The van der Waals surface area contributed by atoms with Crippen LogP contribution in [0.2, 0.25) is 0 Å². The molecule has 0 bridgehead atoms. The fraction of sp³-hybridized carbons (Fsp3) is 0. The molecule has 1 aromatic heterocycles. The van der Waals surface area contributed by atoms with Crippen molar-refractivity contribution in [2.45, 2.75) is 0 Å². The smallest absolute Gasteiger partial charge is 0.335 e. The number of hydrogen-bond donors (Lipinski definition) is 4. The van der Waals surface area contributed by atoms with Crippen LogP contribution < -0.4 is 11.5 Å². The molecule has 0 radical (unpaired) electrons. The lowest BCUT2D eigenvalue weighted by Gasteiger charge is -1.93. The van der Waals surface area contributed by atoms with Gasteiger partial charge in [0.2, 0.25) is 0 Å². The van der Waals surface area contributed by atoms with E-state index in [9.17, 15) is 9.59 Å². The van der Waals surface area contributed by atoms with E-state index in [0.29, 0.717) is 10.8 Å². The number of carboxylic acids is 2. The number of aromatic carboxylic acids is 2. The molecule has 0 amide bonds. The van der Waals surface area contributed by atoms with Gasteiger partial charge < -0.3 is 21.7 Å². The largest absolute Gasteiger partial charge is 0.478 e. The van der Waals surface area contributed by atoms with Crippen LogP contribution in [0.4, 0.5) is 10.8 Å². The third kappa shape index (κ3) is 4.17. The predicted octanol–water partition coefficient (Wildman–Crippen LogP) is 2.54. The molecule has 0 aliphatic carbocycles. The van der Waals surface area contributed by atoms with E-state index < -0.39 is 11.9 Å². The van der Waals surface area contributed by atoms with Gasteiger partial charge in [-0.3, -0.25) is 0 Å². The van der Waals surface area contributed by atoms with Crippen molar-refractivity contribution in [1.82, 2.24) is 4.98 Å². The molecular weight excluding hydrogens is 318 g/mol. The molecule has 0 spiro atoms. The average Bonchev–Trinajstić information content (AvgIpc) is 2.87. The molecular formula is C15H13N3O4S. The van der Waals surface area contributed by atoms with Crippen molar-refractivity contribution in [3.05, 3.63) is 53.6 Å². The Morgan fingerprint density at radius 1 is 0.913 bits per heavy atom. The van der Waals surface area contributed by atoms with Gasteiger partial charge in [-0.15, -0.1) is 0 Å². The molecule has 6 N–H and O–H groups in total. The summed E-state index contributed by atoms with van der Waals surface area (Å²) < 4.78 is 0.803. The van der Waals surface area contributed by atoms with Gasteiger partial charge in [0.05, 0.1) is 21.3 Å². The van der Waals surface area contributed by atoms with Crippen molar-refractivity contribution in [1.29, 1.82) is 0 Å². The summed E-state index contributed by atoms with van der Waals surface area (Å²) in [6.45, 7) is 0. The van der Waals surface area contributed by atoms with Crippen LogP contribution in [0.15, 0.2) is 42.5 Å². The molecule has 3 rings (SSSR count). The van der Waals surface area contributed by atoms with Gasteiger partial charge in [-0.1, -0.05) is 11.3 Å². The van der Waals surface area contributed by atoms with Crippen molar-refractivity contribution in [3.8, 4) is 0 Å². The normalized spacial score (nSPS) is 9.91. The Bertz CT molecular complexity index is 859. The number of fused-ring (bicyclic) bond motifs is 1. The van der Waals surface area contributed by atoms with E-state index in [2.05, 4.69) is 4.98 Å². The second-order valence-corrected chi connectivity index (χ2v) is 5.53. The van der Waals surface area contributed by atoms with E-state index in [1.54, 1.807) is 24.3 Å². The van der Waals surface area contributed by atoms with Crippen LogP contribution >= 0.6 is 11.3 Å². The highest BCUT2D eigenvalue weighted by molar-refractivity contribution is 7.22. The fourth-order valence-electron chi connectivity index (χ4n) is 1.70. The third-order valence-corrected chi connectivity index (χ3v) is 3.66. The predicted molar refractivity (Wildman–Crippen MR) is 88.8 cm³/mol. The van der Waals surface area contributed by atoms with Crippen LogP contribution in [-0.2, 0) is 0 Å². The number of carbonyl (C=O) groups is 2. The van der Waals surface area contributed by atoms with Crippen LogP contribution in [0.3, 0.4) is 0 Å². The van der Waals surface area contributed by atoms with Crippen LogP contribution in [0.25, 0.3) is 10.2 Å². The summed E-state index contributed by atoms with van der Waals surface area (Å²) in [4.78, 5) is 24.9. The zero-order chi connectivity index (χ0) is 17.0. The van der Waals surface area contributed by atoms with E-state index in [1.807, 2.05) is 0 Å². The van der Waals surface area contributed by atoms with Gasteiger partial charge in [0.1, 0.15) is 0 Å². The standard InChI is InChI=1S/C8H6N2O2S.C7H7NO2/c9-8-10-5-2-1-4(7(11)12)3-6(5)13-8;8-6-3-1-5(2-4-6)7(9)10/h1-3H,(H2,9,10)(H,11,12);1-4H,8H2,(H,9,10). The van der Waals surface area contributed by atoms with Crippen LogP contribution in [-0.4, -0.2) is 27.1 Å². The molecule has 1 heterocycles. The molecule has 0 saturated heterocycles. The summed E-state index contributed by atoms with van der Waals surface area (Å²) >= 11 is 1.29. The number of thiazole rings is 1. The lowest BCUT2D eigenvalue weighted by molar-refractivity contribution is 0.0686. The minimum Gasteiger partial charge on any atom is -0.478 e. The minimum absolute atomic E-state index is 0.259. The third-order valence-electron chi connectivity index (χ3n) is 2.81. The molecule has 3 aromatic rings. The quantitative estimate of drug-likeness (QED) is 0.529. The van der Waals surface area contributed by atoms with Crippen LogP contribution in [0.1, 0.15) is 20.7 Å². The summed E-state index contributed by atoms with van der Waals surface area (Å²) in [5.74, 6) is -1.87. The number of nitrogen functional groups attached to an aromatic ring is 2. The molecule has 2 aromatic carbocycles. The number of anilines is 2. The van der Waals surface area contributed by atoms with Crippen molar-refractivity contribution in [2.75, 3.05) is 11.5 Å². The minimum atomic E-state index is -0.936. The van der Waals surface area contributed by atoms with Crippen molar-refractivity contribution in [2.24, 2.45) is 0 Å². The Kier molecular flexibility index (Phi) is 4.77. The molecule has 0 unspecified atom stereocenters. The molecule has 0 fully saturated rings. The first-order valence-electron chi connectivity index (χ1n) is 6.35. The maximum absolute atomic E-state index is 10.6. The average molecular weight is 331 g/mol. The van der Waals surface area contributed by atoms with Gasteiger partial charge in [-0.25, -0.2) is 14.6 Å². The lowest BCUT2D eigenvalue weighted by atomic mass is 10.2. The van der Waals surface area contributed by atoms with E-state index in [1.165, 1.54) is 29.5 Å². The molecule has 7 nitrogen and oxygen atoms in total. The van der Waals surface area contributed by atoms with Crippen LogP contribution in [0.5, 0.6) is 0 Å². The Balaban J connectivity index is 0.000000174. The molecule has 8 heteroatoms. The Labute approximate surface area is 134 Å². The maximum atomic E-state index is 10.6. The first kappa shape index (κ1) is 16.2. The summed E-state index contributed by atoms with van der Waals surface area (Å²) in [6, 6.07) is 10.8. The molecule has 0 aliphatic heterocycles. The summed E-state index contributed by atoms with van der Waals surface area (Å²) in [5.41, 5.74) is 12.6. The summed E-state index contributed by atoms with van der Waals surface area (Å²) in [7, 11) is 0. The number of aromatic nitrogens is 1. The maximum Gasteiger partial charge on any atom is 0.335 e. The Morgan fingerprint density at radius 2 is 1.48 bits per heavy atom. The van der Waals surface area contributed by atoms with Gasteiger partial charge in [0.15, 0.2) is 5.13 Å². The van der Waals surface area contributed by atoms with E-state index >= 15 is 0 Å². The summed E-state index contributed by atoms with van der Waals surface area (Å²) in [6.07, 6.45) is 0. The molecule has 0 saturated carbocycles. The highest BCUT2D eigenvalue weighted by atomic mass is 32.1. The number of hydrogen-bond acceptors (Lipinski definition) is 6. The van der Waals surface area contributed by atoms with Gasteiger partial charge in [0, 0.05) is 5.69 Å². The molecule has 118 valence electrons. The van der Waals surface area contributed by atoms with Gasteiger partial charge >= 0.3 is 11.9 Å². The zero-order valence-electron chi connectivity index (χ0n) is 11.8. The van der Waals surface area contributed by atoms with E-state index in [0.717, 1.165) is 10.2 Å². The highest BCUT2D eigenvalue weighted by Gasteiger charge is 2.06. The Morgan fingerprint density at radius 3 is 2.04 bits per heavy atom. The number of nitrogens with zero attached hydrogens (tertiary/aromatic N) is 1. The monoisotopic (exact) mass is 331 g/mol. The van der Waals surface area contributed by atoms with Gasteiger partial charge in [-0.2, -0.15) is 0 Å². The van der Waals surface area contributed by atoms with Crippen molar-refractivity contribution >= 4 is 44.3 Å². The molecule has 0 atom stereocenters. The lowest BCUT2D eigenvalue weighted by Crippen LogP contribution is -1.95. The molecule has 23 heavy (non-hydrogen) atoms. The summed E-state index contributed by atoms with van der Waals surface area (Å²) in [5, 5.41) is 17.6. The van der Waals surface area contributed by atoms with Gasteiger partial charge in [0.25, 0.3) is 0 Å². The fourth-order valence-corrected chi connectivity index (χ4v) is 2.47. The Hall–Kier alpha value is -3.13. The second kappa shape index (κ2) is 6.75. The first-order chi connectivity index (χ1) is 10.9. The topological polar surface area (TPSA) is 140 Å². The van der Waals surface area contributed by atoms with Crippen LogP contribution in [0, 0.1) is 0 Å². The SMILES string of the molecule is Nc1ccc(C(=O)O)cc1.Nc1nc2ccc(C(=O)O)cc2s1. The van der Waals surface area contributed by atoms with Gasteiger partial charge in [-0.05, 0) is 42.5 Å². The van der Waals surface area contributed by atoms with Crippen molar-refractivity contribution < 1.29 is 19.8 Å². The zero-order valence-corrected chi connectivity index (χ0v) is 12.6. The number of rotatable bonds is 2. The number of benzene rings is 2. The highest BCUT2D eigenvalue weighted by Crippen LogP contribution is 2.24. The second-order valence-electron chi connectivity index (χ2n) is 4.47. The first-order valence-corrected chi connectivity index (χ1v) is 7.16. The van der Waals surface area contributed by atoms with E-state index in [-0.39, 0.29) is 11.1 Å². The molecule has 0 aliphatic rings.